The molecule has 342 valence electrons. The smallest absolute Gasteiger partial charge is 0.425 e. The van der Waals surface area contributed by atoms with Gasteiger partial charge in [-0.15, -0.1) is 22.9 Å². The second-order valence-corrected chi connectivity index (χ2v) is 15.5. The SMILES string of the molecule is CCN(CC)c1cc(Nc2nc(Nc3cc(N(CC)CC)c(OC)cc3N=Nc3ccc(F)c(S(=O)(=O)O)c3)nc(SCCO)n2)c(N=Nc2ccc(F)cc2)cc1OC.O=S(=O)=O. The summed E-state index contributed by atoms with van der Waals surface area (Å²) >= 11 is 1.18. The molecule has 4 N–H and O–H groups in total. The molecule has 0 radical (unpaired) electrons. The summed E-state index contributed by atoms with van der Waals surface area (Å²) in [4.78, 5) is 17.1. The van der Waals surface area contributed by atoms with Crippen LogP contribution in [-0.4, -0.2) is 98.4 Å². The fourth-order valence-corrected chi connectivity index (χ4v) is 6.98. The minimum atomic E-state index is -4.88. The third-order valence-electron chi connectivity index (χ3n) is 8.80. The number of ether oxygens (including phenoxy) is 2. The lowest BCUT2D eigenvalue weighted by Gasteiger charge is -2.25. The summed E-state index contributed by atoms with van der Waals surface area (Å²) in [6, 6.07) is 15.4. The average Bonchev–Trinajstić information content (AvgIpc) is 3.26. The highest BCUT2D eigenvalue weighted by molar-refractivity contribution is 7.99. The summed E-state index contributed by atoms with van der Waals surface area (Å²) in [5.74, 6) is -0.166. The van der Waals surface area contributed by atoms with Gasteiger partial charge in [0.15, 0.2) is 5.16 Å². The van der Waals surface area contributed by atoms with Crippen molar-refractivity contribution in [3.8, 4) is 11.5 Å². The first-order valence-corrected chi connectivity index (χ1v) is 22.6. The van der Waals surface area contributed by atoms with Crippen molar-refractivity contribution in [2.45, 2.75) is 37.7 Å². The number of azo groups is 2. The molecule has 64 heavy (non-hydrogen) atoms. The average molecular weight is 946 g/mol. The summed E-state index contributed by atoms with van der Waals surface area (Å²) in [6.07, 6.45) is 0. The van der Waals surface area contributed by atoms with Crippen LogP contribution in [0.2, 0.25) is 0 Å². The van der Waals surface area contributed by atoms with Gasteiger partial charge in [-0.2, -0.15) is 33.6 Å². The molecule has 0 fully saturated rings. The normalized spacial score (nSPS) is 11.3. The fourth-order valence-electron chi connectivity index (χ4n) is 5.82. The number of aliphatic hydroxyl groups excluding tert-OH is 1. The number of hydrogen-bond donors (Lipinski definition) is 4. The van der Waals surface area contributed by atoms with Crippen LogP contribution in [0.5, 0.6) is 11.5 Å². The van der Waals surface area contributed by atoms with E-state index in [0.29, 0.717) is 66.1 Å². The topological polar surface area (TPSA) is 263 Å². The van der Waals surface area contributed by atoms with E-state index in [1.165, 1.54) is 49.2 Å². The molecular weight excluding hydrogens is 901 g/mol. The molecule has 0 unspecified atom stereocenters. The van der Waals surface area contributed by atoms with Crippen LogP contribution < -0.4 is 29.9 Å². The van der Waals surface area contributed by atoms with E-state index >= 15 is 0 Å². The molecule has 25 heteroatoms. The van der Waals surface area contributed by atoms with Crippen molar-refractivity contribution < 1.29 is 49.0 Å². The van der Waals surface area contributed by atoms with Gasteiger partial charge in [0.1, 0.15) is 39.4 Å². The number of nitrogens with one attached hydrogen (secondary N) is 2. The maximum absolute atomic E-state index is 14.3. The number of halogens is 2. The van der Waals surface area contributed by atoms with Crippen LogP contribution >= 0.6 is 11.8 Å². The standard InChI is InChI=1S/C39H45F2N11O6S2.O3S/c1-7-51(8-2)32-20-28(30(22-34(32)57-5)49-47-25-13-11-24(40)12-14-25)42-37-44-38(46-39(45-37)59-18-17-53)43-29-21-33(52(9-3)10-4)35(58-6)23-31(29)50-48-26-15-16-27(41)36(19-26)60(54,55)56;1-4(2)3/h11-16,19-23,53H,7-10,17-18H2,1-6H3,(H,54,55,56)(H2,42,43,44,45,46);. The lowest BCUT2D eigenvalue weighted by molar-refractivity contribution is 0.322. The Labute approximate surface area is 373 Å². The molecule has 5 rings (SSSR count). The van der Waals surface area contributed by atoms with Gasteiger partial charge in [-0.25, -0.2) is 8.78 Å². The Morgan fingerprint density at radius 1 is 0.703 bits per heavy atom. The van der Waals surface area contributed by atoms with Gasteiger partial charge < -0.3 is 35.0 Å². The van der Waals surface area contributed by atoms with Crippen molar-refractivity contribution in [3.63, 3.8) is 0 Å². The monoisotopic (exact) mass is 945 g/mol. The Bertz CT molecular complexity index is 2670. The van der Waals surface area contributed by atoms with E-state index in [1.54, 1.807) is 25.3 Å². The van der Waals surface area contributed by atoms with Gasteiger partial charge in [-0.3, -0.25) is 4.55 Å². The van der Waals surface area contributed by atoms with Gasteiger partial charge in [0.2, 0.25) is 11.9 Å². The first kappa shape index (κ1) is 50.2. The van der Waals surface area contributed by atoms with Gasteiger partial charge in [0.25, 0.3) is 10.1 Å². The second-order valence-electron chi connectivity index (χ2n) is 12.7. The summed E-state index contributed by atoms with van der Waals surface area (Å²) in [5, 5.41) is 33.7. The largest absolute Gasteiger partial charge is 0.494 e. The van der Waals surface area contributed by atoms with E-state index in [0.717, 1.165) is 17.8 Å². The van der Waals surface area contributed by atoms with E-state index in [2.05, 4.69) is 46.0 Å². The lowest BCUT2D eigenvalue weighted by atomic mass is 10.2. The number of rotatable bonds is 20. The van der Waals surface area contributed by atoms with Gasteiger partial charge in [0.05, 0.1) is 55.0 Å². The molecule has 1 aromatic heterocycles. The molecule has 20 nitrogen and oxygen atoms in total. The number of methoxy groups -OCH3 is 2. The van der Waals surface area contributed by atoms with Crippen LogP contribution in [-0.2, 0) is 20.7 Å². The van der Waals surface area contributed by atoms with Crippen LogP contribution in [0.4, 0.5) is 66.2 Å². The molecule has 0 aliphatic rings. The molecule has 1 heterocycles. The molecule has 0 saturated heterocycles. The number of anilines is 6. The Morgan fingerprint density at radius 2 is 1.16 bits per heavy atom. The number of thioether (sulfide) groups is 1. The molecule has 0 saturated carbocycles. The summed E-state index contributed by atoms with van der Waals surface area (Å²) < 4.78 is 97.8. The van der Waals surface area contributed by atoms with Gasteiger partial charge >= 0.3 is 10.6 Å². The summed E-state index contributed by atoms with van der Waals surface area (Å²) in [5.41, 5.74) is 3.15. The first-order chi connectivity index (χ1) is 30.6. The van der Waals surface area contributed by atoms with Crippen molar-refractivity contribution in [1.82, 2.24) is 15.0 Å². The predicted molar refractivity (Wildman–Crippen MR) is 238 cm³/mol. The van der Waals surface area contributed by atoms with Gasteiger partial charge in [-0.1, -0.05) is 11.8 Å². The minimum Gasteiger partial charge on any atom is -0.494 e. The van der Waals surface area contributed by atoms with Crippen molar-refractivity contribution in [1.29, 1.82) is 0 Å². The van der Waals surface area contributed by atoms with E-state index in [-0.39, 0.29) is 40.8 Å². The third kappa shape index (κ3) is 14.0. The zero-order valence-corrected chi connectivity index (χ0v) is 37.8. The van der Waals surface area contributed by atoms with Gasteiger partial charge in [0, 0.05) is 44.1 Å². The summed E-state index contributed by atoms with van der Waals surface area (Å²) in [7, 11) is -4.94. The highest BCUT2D eigenvalue weighted by Gasteiger charge is 2.21. The molecule has 0 bridgehead atoms. The summed E-state index contributed by atoms with van der Waals surface area (Å²) in [6.45, 7) is 10.4. The second kappa shape index (κ2) is 23.9. The van der Waals surface area contributed by atoms with Crippen LogP contribution in [0.15, 0.2) is 97.2 Å². The van der Waals surface area contributed by atoms with E-state index < -0.39 is 37.3 Å². The number of aliphatic hydroxyl groups is 1. The Balaban J connectivity index is 0.00000215. The molecular formula is C39H45F2N11O9S3. The van der Waals surface area contributed by atoms with Gasteiger partial charge in [-0.05, 0) is 82.3 Å². The maximum Gasteiger partial charge on any atom is 0.425 e. The molecule has 0 atom stereocenters. The Kier molecular flexibility index (Phi) is 18.7. The molecule has 4 aromatic carbocycles. The molecule has 0 amide bonds. The lowest BCUT2D eigenvalue weighted by Crippen LogP contribution is -2.22. The Hall–Kier alpha value is -6.41. The zero-order chi connectivity index (χ0) is 47.0. The predicted octanol–water partition coefficient (Wildman–Crippen LogP) is 8.50. The number of aromatic nitrogens is 3. The number of benzene rings is 4. The van der Waals surface area contributed by atoms with Crippen molar-refractivity contribution in [3.05, 3.63) is 78.4 Å². The van der Waals surface area contributed by atoms with Crippen LogP contribution in [0.1, 0.15) is 27.7 Å². The minimum absolute atomic E-state index is 0.0578. The van der Waals surface area contributed by atoms with E-state index in [9.17, 15) is 26.9 Å². The zero-order valence-electron chi connectivity index (χ0n) is 35.4. The Morgan fingerprint density at radius 3 is 1.58 bits per heavy atom. The van der Waals surface area contributed by atoms with Crippen molar-refractivity contribution >= 4 is 89.9 Å². The fraction of sp³-hybridized carbons (Fsp3) is 0.308. The van der Waals surface area contributed by atoms with E-state index in [4.69, 9.17) is 27.1 Å². The maximum atomic E-state index is 14.3. The third-order valence-corrected chi connectivity index (χ3v) is 10.5. The van der Waals surface area contributed by atoms with Crippen LogP contribution in [0, 0.1) is 11.6 Å². The first-order valence-electron chi connectivity index (χ1n) is 19.2. The van der Waals surface area contributed by atoms with Crippen LogP contribution in [0.25, 0.3) is 0 Å². The van der Waals surface area contributed by atoms with E-state index in [1.807, 2.05) is 38.7 Å². The van der Waals surface area contributed by atoms with Crippen LogP contribution in [0.3, 0.4) is 0 Å². The van der Waals surface area contributed by atoms with Crippen molar-refractivity contribution in [2.75, 3.05) is 73.2 Å². The number of hydrogen-bond acceptors (Lipinski definition) is 20. The highest BCUT2D eigenvalue weighted by atomic mass is 32.2. The number of nitrogens with zero attached hydrogens (tertiary/aromatic N) is 9. The van der Waals surface area contributed by atoms with Crippen molar-refractivity contribution in [2.24, 2.45) is 20.5 Å². The highest BCUT2D eigenvalue weighted by Crippen LogP contribution is 2.42. The molecule has 0 spiro atoms. The molecule has 0 aliphatic carbocycles. The molecule has 0 aliphatic heterocycles. The quantitative estimate of drug-likeness (QED) is 0.0324. The molecule has 5 aromatic rings.